The van der Waals surface area contributed by atoms with Crippen molar-refractivity contribution in [2.75, 3.05) is 26.7 Å². The molecule has 0 saturated heterocycles. The summed E-state index contributed by atoms with van der Waals surface area (Å²) in [6.45, 7) is 13.3. The molecule has 0 fully saturated rings. The summed E-state index contributed by atoms with van der Waals surface area (Å²) in [5, 5.41) is 0. The Bertz CT molecular complexity index is 125. The first-order chi connectivity index (χ1) is 6.15. The Morgan fingerprint density at radius 2 is 1.69 bits per heavy atom. The zero-order chi connectivity index (χ0) is 10.7. The SMILES string of the molecule is C=CC(=O)OC.CCN(CC)CC. The van der Waals surface area contributed by atoms with Gasteiger partial charge in [-0.2, -0.15) is 0 Å². The molecular weight excluding hydrogens is 166 g/mol. The first-order valence-electron chi connectivity index (χ1n) is 4.58. The number of hydrogen-bond acceptors (Lipinski definition) is 3. The molecular formula is C10H21NO2. The fourth-order valence-corrected chi connectivity index (χ4v) is 0.754. The molecule has 0 unspecified atom stereocenters. The quantitative estimate of drug-likeness (QED) is 0.495. The van der Waals surface area contributed by atoms with Gasteiger partial charge in [0.1, 0.15) is 0 Å². The van der Waals surface area contributed by atoms with E-state index in [0.29, 0.717) is 0 Å². The standard InChI is InChI=1S/C6H15N.C4H6O2/c1-4-7(5-2)6-3;1-3-4(5)6-2/h4-6H2,1-3H3;3H,1H2,2H3. The minimum absolute atomic E-state index is 0.394. The third kappa shape index (κ3) is 11.2. The Balaban J connectivity index is 0. The maximum atomic E-state index is 9.84. The molecule has 0 atom stereocenters. The molecule has 0 N–H and O–H groups in total. The summed E-state index contributed by atoms with van der Waals surface area (Å²) in [5.74, 6) is -0.394. The van der Waals surface area contributed by atoms with E-state index in [2.05, 4.69) is 37.0 Å². The molecule has 0 aliphatic rings. The van der Waals surface area contributed by atoms with Gasteiger partial charge in [-0.1, -0.05) is 27.4 Å². The largest absolute Gasteiger partial charge is 0.466 e. The monoisotopic (exact) mass is 187 g/mol. The highest BCUT2D eigenvalue weighted by Gasteiger charge is 1.89. The molecule has 0 aromatic rings. The van der Waals surface area contributed by atoms with E-state index < -0.39 is 5.97 Å². The van der Waals surface area contributed by atoms with Crippen molar-refractivity contribution in [1.82, 2.24) is 4.90 Å². The molecule has 0 spiro atoms. The van der Waals surface area contributed by atoms with E-state index in [1.54, 1.807) is 0 Å². The maximum absolute atomic E-state index is 9.84. The average molecular weight is 187 g/mol. The molecule has 0 heterocycles. The fraction of sp³-hybridized carbons (Fsp3) is 0.700. The van der Waals surface area contributed by atoms with Crippen molar-refractivity contribution in [3.63, 3.8) is 0 Å². The lowest BCUT2D eigenvalue weighted by Gasteiger charge is -2.13. The third-order valence-electron chi connectivity index (χ3n) is 1.71. The van der Waals surface area contributed by atoms with Crippen molar-refractivity contribution in [2.24, 2.45) is 0 Å². The predicted molar refractivity (Wildman–Crippen MR) is 55.7 cm³/mol. The first kappa shape index (κ1) is 14.7. The molecule has 0 rings (SSSR count). The van der Waals surface area contributed by atoms with Crippen molar-refractivity contribution in [3.8, 4) is 0 Å². The lowest BCUT2D eigenvalue weighted by Crippen LogP contribution is -2.21. The number of nitrogens with zero attached hydrogens (tertiary/aromatic N) is 1. The summed E-state index contributed by atoms with van der Waals surface area (Å²) in [7, 11) is 1.31. The van der Waals surface area contributed by atoms with E-state index in [1.165, 1.54) is 26.7 Å². The van der Waals surface area contributed by atoms with Crippen molar-refractivity contribution >= 4 is 5.97 Å². The topological polar surface area (TPSA) is 29.5 Å². The lowest BCUT2D eigenvalue weighted by atomic mass is 10.5. The molecule has 0 amide bonds. The van der Waals surface area contributed by atoms with Gasteiger partial charge in [0, 0.05) is 6.08 Å². The van der Waals surface area contributed by atoms with Gasteiger partial charge in [0.15, 0.2) is 0 Å². The van der Waals surface area contributed by atoms with E-state index in [9.17, 15) is 4.79 Å². The van der Waals surface area contributed by atoms with Crippen molar-refractivity contribution in [2.45, 2.75) is 20.8 Å². The van der Waals surface area contributed by atoms with Crippen LogP contribution in [0.2, 0.25) is 0 Å². The predicted octanol–water partition coefficient (Wildman–Crippen LogP) is 1.69. The molecule has 0 aromatic carbocycles. The molecule has 3 nitrogen and oxygen atoms in total. The molecule has 13 heavy (non-hydrogen) atoms. The van der Waals surface area contributed by atoms with Crippen LogP contribution >= 0.6 is 0 Å². The van der Waals surface area contributed by atoms with Gasteiger partial charge < -0.3 is 9.64 Å². The number of ether oxygens (including phenoxy) is 1. The summed E-state index contributed by atoms with van der Waals surface area (Å²) in [5.41, 5.74) is 0. The number of carbonyl (C=O) groups excluding carboxylic acids is 1. The van der Waals surface area contributed by atoms with Crippen LogP contribution in [0.15, 0.2) is 12.7 Å². The van der Waals surface area contributed by atoms with E-state index in [1.807, 2.05) is 0 Å². The smallest absolute Gasteiger partial charge is 0.329 e. The van der Waals surface area contributed by atoms with Crippen LogP contribution in [-0.4, -0.2) is 37.6 Å². The number of methoxy groups -OCH3 is 1. The summed E-state index contributed by atoms with van der Waals surface area (Å²) in [6, 6.07) is 0. The van der Waals surface area contributed by atoms with Crippen LogP contribution in [0.3, 0.4) is 0 Å². The Labute approximate surface area is 81.4 Å². The summed E-state index contributed by atoms with van der Waals surface area (Å²) < 4.78 is 4.14. The van der Waals surface area contributed by atoms with Crippen LogP contribution < -0.4 is 0 Å². The highest BCUT2D eigenvalue weighted by molar-refractivity contribution is 5.80. The normalized spacial score (nSPS) is 8.69. The van der Waals surface area contributed by atoms with Gasteiger partial charge in [0.2, 0.25) is 0 Å². The molecule has 0 aromatic heterocycles. The van der Waals surface area contributed by atoms with Gasteiger partial charge in [-0.15, -0.1) is 0 Å². The van der Waals surface area contributed by atoms with Crippen molar-refractivity contribution in [3.05, 3.63) is 12.7 Å². The van der Waals surface area contributed by atoms with E-state index in [0.717, 1.165) is 6.08 Å². The fourth-order valence-electron chi connectivity index (χ4n) is 0.754. The van der Waals surface area contributed by atoms with Gasteiger partial charge in [0.25, 0.3) is 0 Å². The second-order valence-electron chi connectivity index (χ2n) is 2.35. The van der Waals surface area contributed by atoms with Gasteiger partial charge >= 0.3 is 5.97 Å². The second-order valence-corrected chi connectivity index (χ2v) is 2.35. The maximum Gasteiger partial charge on any atom is 0.329 e. The molecule has 0 saturated carbocycles. The van der Waals surface area contributed by atoms with Crippen molar-refractivity contribution < 1.29 is 9.53 Å². The van der Waals surface area contributed by atoms with E-state index in [-0.39, 0.29) is 0 Å². The number of esters is 1. The zero-order valence-corrected chi connectivity index (χ0v) is 9.17. The van der Waals surface area contributed by atoms with Crippen LogP contribution in [0, 0.1) is 0 Å². The highest BCUT2D eigenvalue weighted by atomic mass is 16.5. The molecule has 0 aliphatic carbocycles. The summed E-state index contributed by atoms with van der Waals surface area (Å²) in [6.07, 6.45) is 1.11. The Morgan fingerprint density at radius 1 is 1.31 bits per heavy atom. The van der Waals surface area contributed by atoms with Crippen LogP contribution in [0.25, 0.3) is 0 Å². The molecule has 0 bridgehead atoms. The summed E-state index contributed by atoms with van der Waals surface area (Å²) >= 11 is 0. The third-order valence-corrected chi connectivity index (χ3v) is 1.71. The van der Waals surface area contributed by atoms with Gasteiger partial charge in [-0.3, -0.25) is 0 Å². The van der Waals surface area contributed by atoms with Crippen LogP contribution in [0.1, 0.15) is 20.8 Å². The Kier molecular flexibility index (Phi) is 12.6. The van der Waals surface area contributed by atoms with Gasteiger partial charge in [0.05, 0.1) is 7.11 Å². The van der Waals surface area contributed by atoms with E-state index in [4.69, 9.17) is 0 Å². The van der Waals surface area contributed by atoms with Crippen LogP contribution in [0.5, 0.6) is 0 Å². The number of carbonyl (C=O) groups is 1. The Hall–Kier alpha value is -0.830. The average Bonchev–Trinajstić information content (AvgIpc) is 2.20. The second kappa shape index (κ2) is 11.2. The lowest BCUT2D eigenvalue weighted by molar-refractivity contribution is -0.134. The van der Waals surface area contributed by atoms with E-state index >= 15 is 0 Å². The highest BCUT2D eigenvalue weighted by Crippen LogP contribution is 1.81. The molecule has 0 aliphatic heterocycles. The number of rotatable bonds is 4. The summed E-state index contributed by atoms with van der Waals surface area (Å²) in [4.78, 5) is 12.2. The van der Waals surface area contributed by atoms with Crippen molar-refractivity contribution in [1.29, 1.82) is 0 Å². The zero-order valence-electron chi connectivity index (χ0n) is 9.17. The van der Waals surface area contributed by atoms with Crippen LogP contribution in [-0.2, 0) is 9.53 Å². The minimum atomic E-state index is -0.394. The molecule has 0 radical (unpaired) electrons. The number of hydrogen-bond donors (Lipinski definition) is 0. The molecule has 78 valence electrons. The van der Waals surface area contributed by atoms with Gasteiger partial charge in [-0.25, -0.2) is 4.79 Å². The Morgan fingerprint density at radius 3 is 1.69 bits per heavy atom. The first-order valence-corrected chi connectivity index (χ1v) is 4.58. The van der Waals surface area contributed by atoms with Crippen LogP contribution in [0.4, 0.5) is 0 Å². The van der Waals surface area contributed by atoms with Gasteiger partial charge in [-0.05, 0) is 19.6 Å². The molecule has 3 heteroatoms. The minimum Gasteiger partial charge on any atom is -0.466 e.